The Morgan fingerprint density at radius 3 is 2.64 bits per heavy atom. The largest absolute Gasteiger partial charge is 0.350 e. The first kappa shape index (κ1) is 17.8. The number of nitrogens with zero attached hydrogens (tertiary/aromatic N) is 2. The second kappa shape index (κ2) is 7.19. The molecule has 0 aliphatic carbocycles. The molecule has 28 heavy (non-hydrogen) atoms. The number of amides is 4. The van der Waals surface area contributed by atoms with Gasteiger partial charge in [-0.2, -0.15) is 0 Å². The van der Waals surface area contributed by atoms with Gasteiger partial charge in [0.1, 0.15) is 6.04 Å². The first-order valence-electron chi connectivity index (χ1n) is 9.02. The van der Waals surface area contributed by atoms with E-state index in [-0.39, 0.29) is 24.8 Å². The van der Waals surface area contributed by atoms with E-state index >= 15 is 0 Å². The van der Waals surface area contributed by atoms with Crippen molar-refractivity contribution >= 4 is 34.4 Å². The molecule has 1 aliphatic heterocycles. The molecule has 1 fully saturated rings. The number of aromatic nitrogens is 1. The number of nitrogens with one attached hydrogen (secondary N) is 2. The maximum Gasteiger partial charge on any atom is 0.325 e. The van der Waals surface area contributed by atoms with E-state index in [1.165, 1.54) is 0 Å². The van der Waals surface area contributed by atoms with Crippen molar-refractivity contribution in [1.82, 2.24) is 14.8 Å². The maximum atomic E-state index is 12.6. The molecule has 1 aliphatic rings. The van der Waals surface area contributed by atoms with Crippen LogP contribution in [0.1, 0.15) is 12.0 Å². The Kier molecular flexibility index (Phi) is 4.57. The molecular weight excluding hydrogens is 356 g/mol. The van der Waals surface area contributed by atoms with Gasteiger partial charge in [-0.3, -0.25) is 14.5 Å². The van der Waals surface area contributed by atoms with Gasteiger partial charge in [0.05, 0.1) is 18.7 Å². The number of anilines is 1. The van der Waals surface area contributed by atoms with Crippen LogP contribution in [0.2, 0.25) is 0 Å². The van der Waals surface area contributed by atoms with E-state index in [0.29, 0.717) is 5.69 Å². The summed E-state index contributed by atoms with van der Waals surface area (Å²) in [6.07, 6.45) is 1.81. The third-order valence-corrected chi connectivity index (χ3v) is 4.88. The van der Waals surface area contributed by atoms with Crippen LogP contribution in [-0.2, 0) is 23.2 Å². The summed E-state index contributed by atoms with van der Waals surface area (Å²) in [6, 6.07) is 15.5. The lowest BCUT2D eigenvalue weighted by molar-refractivity contribution is -0.130. The van der Waals surface area contributed by atoms with Crippen molar-refractivity contribution in [3.63, 3.8) is 0 Å². The molecule has 2 aromatic carbocycles. The van der Waals surface area contributed by atoms with Crippen LogP contribution in [-0.4, -0.2) is 33.4 Å². The number of rotatable bonds is 5. The van der Waals surface area contributed by atoms with E-state index in [2.05, 4.69) is 10.6 Å². The number of imide groups is 1. The molecule has 4 rings (SSSR count). The molecule has 7 heteroatoms. The lowest BCUT2D eigenvalue weighted by Crippen LogP contribution is -2.34. The van der Waals surface area contributed by atoms with Crippen LogP contribution < -0.4 is 10.6 Å². The van der Waals surface area contributed by atoms with Crippen LogP contribution in [0.25, 0.3) is 10.9 Å². The Hall–Kier alpha value is -3.61. The summed E-state index contributed by atoms with van der Waals surface area (Å²) in [7, 11) is 1.93. The van der Waals surface area contributed by atoms with Gasteiger partial charge in [-0.15, -0.1) is 0 Å². The Balaban J connectivity index is 1.43. The number of aryl methyl sites for hydroxylation is 1. The molecule has 2 heterocycles. The maximum absolute atomic E-state index is 12.6. The summed E-state index contributed by atoms with van der Waals surface area (Å²) in [5, 5.41) is 6.38. The van der Waals surface area contributed by atoms with E-state index in [9.17, 15) is 14.4 Å². The topological polar surface area (TPSA) is 83.4 Å². The second-order valence-electron chi connectivity index (χ2n) is 6.83. The molecule has 7 nitrogen and oxygen atoms in total. The molecular formula is C21H20N4O3. The van der Waals surface area contributed by atoms with Crippen LogP contribution in [0.4, 0.5) is 10.5 Å². The summed E-state index contributed by atoms with van der Waals surface area (Å²) < 4.78 is 1.97. The number of carbonyl (C=O) groups excluding carboxylic acids is 3. The molecule has 1 atom stereocenters. The number of carbonyl (C=O) groups is 3. The minimum absolute atomic E-state index is 0.112. The molecule has 4 amide bonds. The van der Waals surface area contributed by atoms with Crippen molar-refractivity contribution in [3.05, 3.63) is 66.4 Å². The normalized spacial score (nSPS) is 16.5. The van der Waals surface area contributed by atoms with E-state index < -0.39 is 12.1 Å². The number of urea groups is 1. The quantitative estimate of drug-likeness (QED) is 0.672. The number of hydrogen-bond donors (Lipinski definition) is 2. The Bertz CT molecular complexity index is 1060. The summed E-state index contributed by atoms with van der Waals surface area (Å²) in [4.78, 5) is 38.4. The first-order valence-corrected chi connectivity index (χ1v) is 9.02. The van der Waals surface area contributed by atoms with Gasteiger partial charge in [0.25, 0.3) is 5.91 Å². The highest BCUT2D eigenvalue weighted by Crippen LogP contribution is 2.24. The SMILES string of the molecule is Cn1ccc2c(NC(=O)CC3NC(=O)N(Cc4ccccc4)C3=O)cccc21. The summed E-state index contributed by atoms with van der Waals surface area (Å²) >= 11 is 0. The van der Waals surface area contributed by atoms with E-state index in [1.807, 2.05) is 72.4 Å². The molecule has 0 radical (unpaired) electrons. The lowest BCUT2D eigenvalue weighted by Gasteiger charge is -2.13. The van der Waals surface area contributed by atoms with Crippen molar-refractivity contribution in [3.8, 4) is 0 Å². The molecule has 0 bridgehead atoms. The Labute approximate surface area is 161 Å². The highest BCUT2D eigenvalue weighted by molar-refractivity contribution is 6.08. The van der Waals surface area contributed by atoms with Crippen LogP contribution in [0.15, 0.2) is 60.8 Å². The van der Waals surface area contributed by atoms with Crippen molar-refractivity contribution in [1.29, 1.82) is 0 Å². The molecule has 3 aromatic rings. The minimum atomic E-state index is -0.855. The van der Waals surface area contributed by atoms with Gasteiger partial charge >= 0.3 is 6.03 Å². The van der Waals surface area contributed by atoms with E-state index in [1.54, 1.807) is 0 Å². The Morgan fingerprint density at radius 1 is 1.07 bits per heavy atom. The molecule has 2 N–H and O–H groups in total. The average molecular weight is 376 g/mol. The zero-order chi connectivity index (χ0) is 19.7. The fourth-order valence-corrected chi connectivity index (χ4v) is 3.43. The van der Waals surface area contributed by atoms with E-state index in [4.69, 9.17) is 0 Å². The van der Waals surface area contributed by atoms with Gasteiger partial charge in [-0.25, -0.2) is 4.79 Å². The molecule has 1 aromatic heterocycles. The molecule has 0 spiro atoms. The predicted molar refractivity (Wildman–Crippen MR) is 105 cm³/mol. The summed E-state index contributed by atoms with van der Waals surface area (Å²) in [5.74, 6) is -0.710. The molecule has 1 saturated heterocycles. The van der Waals surface area contributed by atoms with Crippen LogP contribution >= 0.6 is 0 Å². The lowest BCUT2D eigenvalue weighted by atomic mass is 10.1. The zero-order valence-electron chi connectivity index (χ0n) is 15.4. The van der Waals surface area contributed by atoms with Gasteiger partial charge in [0.15, 0.2) is 0 Å². The van der Waals surface area contributed by atoms with Crippen LogP contribution in [0.5, 0.6) is 0 Å². The summed E-state index contributed by atoms with van der Waals surface area (Å²) in [6.45, 7) is 0.187. The monoisotopic (exact) mass is 376 g/mol. The third-order valence-electron chi connectivity index (χ3n) is 4.88. The van der Waals surface area contributed by atoms with E-state index in [0.717, 1.165) is 21.4 Å². The van der Waals surface area contributed by atoms with Gasteiger partial charge < -0.3 is 15.2 Å². The number of benzene rings is 2. The van der Waals surface area contributed by atoms with Crippen molar-refractivity contribution in [2.24, 2.45) is 7.05 Å². The zero-order valence-corrected chi connectivity index (χ0v) is 15.4. The standard InChI is InChI=1S/C21H20N4O3/c1-24-11-10-15-16(8-5-9-18(15)24)22-19(26)12-17-20(27)25(21(28)23-17)13-14-6-3-2-4-7-14/h2-11,17H,12-13H2,1H3,(H,22,26)(H,23,28). The fourth-order valence-electron chi connectivity index (χ4n) is 3.43. The molecule has 0 saturated carbocycles. The van der Waals surface area contributed by atoms with Gasteiger partial charge in [0, 0.05) is 24.1 Å². The number of hydrogen-bond acceptors (Lipinski definition) is 3. The van der Waals surface area contributed by atoms with Crippen LogP contribution in [0.3, 0.4) is 0 Å². The third kappa shape index (κ3) is 3.34. The second-order valence-corrected chi connectivity index (χ2v) is 6.83. The Morgan fingerprint density at radius 2 is 1.86 bits per heavy atom. The highest BCUT2D eigenvalue weighted by Gasteiger charge is 2.39. The van der Waals surface area contributed by atoms with Crippen molar-refractivity contribution in [2.75, 3.05) is 5.32 Å². The smallest absolute Gasteiger partial charge is 0.325 e. The van der Waals surface area contributed by atoms with Gasteiger partial charge in [-0.1, -0.05) is 36.4 Å². The fraction of sp³-hybridized carbons (Fsp3) is 0.190. The first-order chi connectivity index (χ1) is 13.5. The molecule has 1 unspecified atom stereocenters. The van der Waals surface area contributed by atoms with Crippen LogP contribution in [0, 0.1) is 0 Å². The summed E-state index contributed by atoms with van der Waals surface area (Å²) in [5.41, 5.74) is 2.53. The average Bonchev–Trinajstić information content (AvgIpc) is 3.19. The minimum Gasteiger partial charge on any atom is -0.350 e. The van der Waals surface area contributed by atoms with Crippen molar-refractivity contribution < 1.29 is 14.4 Å². The van der Waals surface area contributed by atoms with Gasteiger partial charge in [-0.05, 0) is 23.8 Å². The molecule has 142 valence electrons. The predicted octanol–water partition coefficient (Wildman–Crippen LogP) is 2.63. The van der Waals surface area contributed by atoms with Crippen molar-refractivity contribution in [2.45, 2.75) is 19.0 Å². The van der Waals surface area contributed by atoms with Gasteiger partial charge in [0.2, 0.25) is 5.91 Å². The number of fused-ring (bicyclic) bond motifs is 1. The highest BCUT2D eigenvalue weighted by atomic mass is 16.2.